The van der Waals surface area contributed by atoms with Crippen LogP contribution in [0.3, 0.4) is 0 Å². The number of pyridine rings is 3. The molecule has 0 atom stereocenters. The summed E-state index contributed by atoms with van der Waals surface area (Å²) < 4.78 is 33.0. The summed E-state index contributed by atoms with van der Waals surface area (Å²) in [5.74, 6) is 1.68. The second-order valence-electron chi connectivity index (χ2n) is 14.0. The molecule has 0 radical (unpaired) electrons. The lowest BCUT2D eigenvalue weighted by Gasteiger charge is -2.15. The summed E-state index contributed by atoms with van der Waals surface area (Å²) in [4.78, 5) is 31.4. The molecule has 0 aliphatic carbocycles. The van der Waals surface area contributed by atoms with Gasteiger partial charge in [-0.15, -0.1) is 0 Å². The number of sulfonamides is 1. The molecule has 15 heteroatoms. The summed E-state index contributed by atoms with van der Waals surface area (Å²) in [6.07, 6.45) is 6.37. The fourth-order valence-corrected chi connectivity index (χ4v) is 8.02. The lowest BCUT2D eigenvalue weighted by molar-refractivity contribution is 0.204. The van der Waals surface area contributed by atoms with E-state index in [9.17, 15) is 8.42 Å². The molecule has 0 amide bonds. The number of fused-ring (bicyclic) bond motifs is 2. The maximum Gasteiger partial charge on any atom is 0.242 e. The van der Waals surface area contributed by atoms with Crippen LogP contribution < -0.4 is 15.4 Å². The Morgan fingerprint density at radius 1 is 0.587 bits per heavy atom. The van der Waals surface area contributed by atoms with Crippen molar-refractivity contribution in [2.75, 3.05) is 30.9 Å². The molecule has 9 aromatic rings. The molecule has 63 heavy (non-hydrogen) atoms. The average Bonchev–Trinajstić information content (AvgIpc) is 3.33. The van der Waals surface area contributed by atoms with Crippen LogP contribution in [0.15, 0.2) is 169 Å². The number of hydrogen-bond donors (Lipinski definition) is 3. The summed E-state index contributed by atoms with van der Waals surface area (Å²) in [6, 6.07) is 45.2. The fourth-order valence-electron chi connectivity index (χ4n) is 6.84. The van der Waals surface area contributed by atoms with Crippen molar-refractivity contribution in [1.82, 2.24) is 39.6 Å². The largest absolute Gasteiger partial charge is 0.383 e. The van der Waals surface area contributed by atoms with E-state index < -0.39 is 10.0 Å². The van der Waals surface area contributed by atoms with E-state index in [1.54, 1.807) is 18.6 Å². The third-order valence-corrected chi connectivity index (χ3v) is 11.4. The second-order valence-corrected chi connectivity index (χ2v) is 16.1. The molecular weight excluding hydrogens is 832 g/mol. The Hall–Kier alpha value is -7.23. The van der Waals surface area contributed by atoms with Crippen LogP contribution >= 0.6 is 11.6 Å². The molecule has 9 rings (SSSR count). The lowest BCUT2D eigenvalue weighted by Crippen LogP contribution is -2.27. The minimum Gasteiger partial charge on any atom is -0.383 e. The highest BCUT2D eigenvalue weighted by Crippen LogP contribution is 2.35. The van der Waals surface area contributed by atoms with Gasteiger partial charge in [0.25, 0.3) is 0 Å². The zero-order valence-corrected chi connectivity index (χ0v) is 35.6. The minimum absolute atomic E-state index is 0.0239. The Bertz CT molecular complexity index is 3060. The highest BCUT2D eigenvalue weighted by Gasteiger charge is 2.19. The van der Waals surface area contributed by atoms with Crippen LogP contribution in [0.4, 0.5) is 11.6 Å². The van der Waals surface area contributed by atoms with Crippen LogP contribution in [-0.2, 0) is 27.8 Å². The molecule has 0 saturated carbocycles. The van der Waals surface area contributed by atoms with Gasteiger partial charge in [0.05, 0.1) is 52.9 Å². The van der Waals surface area contributed by atoms with E-state index in [1.165, 1.54) is 19.4 Å². The number of nitrogens with one attached hydrogen (secondary N) is 3. The highest BCUT2D eigenvalue weighted by molar-refractivity contribution is 7.89. The van der Waals surface area contributed by atoms with Crippen molar-refractivity contribution in [2.24, 2.45) is 0 Å². The van der Waals surface area contributed by atoms with Crippen LogP contribution in [0.2, 0.25) is 5.28 Å². The number of nitrogens with zero attached hydrogens (tertiary/aromatic N) is 7. The van der Waals surface area contributed by atoms with E-state index in [4.69, 9.17) is 26.3 Å². The quantitative estimate of drug-likeness (QED) is 0.0701. The summed E-state index contributed by atoms with van der Waals surface area (Å²) in [6.45, 7) is 1.42. The Morgan fingerprint density at radius 3 is 1.70 bits per heavy atom. The summed E-state index contributed by atoms with van der Waals surface area (Å²) in [5, 5.41) is 8.82. The minimum atomic E-state index is -3.78. The zero-order valence-electron chi connectivity index (χ0n) is 34.1. The van der Waals surface area contributed by atoms with E-state index in [-0.39, 0.29) is 23.3 Å². The van der Waals surface area contributed by atoms with Crippen molar-refractivity contribution < 1.29 is 13.2 Å². The molecule has 13 nitrogen and oxygen atoms in total. The number of halogens is 1. The number of hydrogen-bond acceptors (Lipinski definition) is 12. The van der Waals surface area contributed by atoms with Gasteiger partial charge in [-0.3, -0.25) is 15.0 Å². The highest BCUT2D eigenvalue weighted by atomic mass is 35.5. The van der Waals surface area contributed by atoms with Gasteiger partial charge in [-0.05, 0) is 76.3 Å². The predicted octanol–water partition coefficient (Wildman–Crippen LogP) is 9.25. The number of aromatic nitrogens is 7. The summed E-state index contributed by atoms with van der Waals surface area (Å²) in [7, 11) is -2.27. The van der Waals surface area contributed by atoms with E-state index in [2.05, 4.69) is 58.5 Å². The van der Waals surface area contributed by atoms with E-state index in [0.717, 1.165) is 49.9 Å². The van der Waals surface area contributed by atoms with Gasteiger partial charge < -0.3 is 15.4 Å². The van der Waals surface area contributed by atoms with Crippen LogP contribution in [0.1, 0.15) is 11.4 Å². The summed E-state index contributed by atoms with van der Waals surface area (Å²) >= 11 is 6.13. The van der Waals surface area contributed by atoms with Crippen molar-refractivity contribution in [1.29, 1.82) is 0 Å². The number of rotatable bonds is 14. The van der Waals surface area contributed by atoms with Gasteiger partial charge in [0.1, 0.15) is 16.5 Å². The first-order valence-corrected chi connectivity index (χ1v) is 21.8. The van der Waals surface area contributed by atoms with E-state index in [1.807, 2.05) is 115 Å². The third kappa shape index (κ3) is 10.5. The van der Waals surface area contributed by atoms with Gasteiger partial charge >= 0.3 is 0 Å². The first-order valence-electron chi connectivity index (χ1n) is 20.0. The Balaban J connectivity index is 0.000000188. The number of ether oxygens (including phenoxy) is 1. The first kappa shape index (κ1) is 42.5. The molecule has 5 aromatic heterocycles. The molecule has 0 fully saturated rings. The van der Waals surface area contributed by atoms with Gasteiger partial charge in [0, 0.05) is 44.0 Å². The molecule has 3 N–H and O–H groups in total. The normalized spacial score (nSPS) is 11.2. The van der Waals surface area contributed by atoms with Crippen molar-refractivity contribution >= 4 is 55.1 Å². The Kier molecular flexibility index (Phi) is 13.5. The van der Waals surface area contributed by atoms with Crippen LogP contribution in [0, 0.1) is 0 Å². The van der Waals surface area contributed by atoms with Gasteiger partial charge in [-0.2, -0.15) is 0 Å². The average molecular weight is 873 g/mol. The monoisotopic (exact) mass is 872 g/mol. The second kappa shape index (κ2) is 20.1. The van der Waals surface area contributed by atoms with E-state index in [0.29, 0.717) is 41.6 Å². The van der Waals surface area contributed by atoms with Gasteiger partial charge in [0.15, 0.2) is 5.82 Å². The van der Waals surface area contributed by atoms with Crippen molar-refractivity contribution in [3.05, 3.63) is 181 Å². The van der Waals surface area contributed by atoms with Gasteiger partial charge in [0.2, 0.25) is 15.3 Å². The Labute approximate surface area is 369 Å². The molecule has 4 aromatic carbocycles. The SMILES string of the molecule is COCCNS(=O)(=O)c1cncc(-c2nc(NCc3ccccn3)c3c(-c4ccccc4)cccc3n2)c1.Clc1nc(NCc2ccccn2)c2c(-c3ccccc3)cccc2n1. The molecule has 314 valence electrons. The van der Waals surface area contributed by atoms with Crippen LogP contribution in [-0.4, -0.2) is 63.6 Å². The lowest BCUT2D eigenvalue weighted by atomic mass is 10.0. The molecule has 0 saturated heterocycles. The third-order valence-electron chi connectivity index (χ3n) is 9.80. The molecule has 5 heterocycles. The van der Waals surface area contributed by atoms with Crippen molar-refractivity contribution in [3.63, 3.8) is 0 Å². The molecular formula is C48H41ClN10O3S. The number of methoxy groups -OCH3 is 1. The van der Waals surface area contributed by atoms with Crippen LogP contribution in [0.5, 0.6) is 0 Å². The van der Waals surface area contributed by atoms with Gasteiger partial charge in [-0.25, -0.2) is 33.1 Å². The van der Waals surface area contributed by atoms with E-state index >= 15 is 0 Å². The molecule has 0 aliphatic heterocycles. The molecule has 0 aliphatic rings. The zero-order chi connectivity index (χ0) is 43.4. The van der Waals surface area contributed by atoms with Crippen molar-refractivity contribution in [3.8, 4) is 33.6 Å². The van der Waals surface area contributed by atoms with Gasteiger partial charge in [-0.1, -0.05) is 97.1 Å². The first-order chi connectivity index (χ1) is 30.9. The molecule has 0 unspecified atom stereocenters. The number of benzene rings is 4. The fraction of sp³-hybridized carbons (Fsp3) is 0.104. The summed E-state index contributed by atoms with van der Waals surface area (Å²) in [5.41, 5.74) is 7.99. The Morgan fingerprint density at radius 2 is 1.14 bits per heavy atom. The topological polar surface area (TPSA) is 170 Å². The molecule has 0 bridgehead atoms. The maximum atomic E-state index is 12.8. The smallest absolute Gasteiger partial charge is 0.242 e. The number of anilines is 2. The van der Waals surface area contributed by atoms with Crippen molar-refractivity contribution in [2.45, 2.75) is 18.0 Å². The maximum absolute atomic E-state index is 12.8. The van der Waals surface area contributed by atoms with Crippen LogP contribution in [0.25, 0.3) is 55.4 Å². The standard InChI is InChI=1S/C28H26N6O3S.C20H15ClN4/c1-37-15-14-32-38(35,36)23-16-21(17-29-19-23)27-33-25-12-7-11-24(20-8-3-2-4-9-20)26(25)28(34-27)31-18-22-10-5-6-13-30-22;21-20-24-17-11-6-10-16(14-7-2-1-3-8-14)18(17)19(25-20)23-13-15-9-4-5-12-22-15/h2-13,16-17,19,32H,14-15,18H2,1H3,(H,31,33,34);1-12H,13H2,(H,23,24,25). The predicted molar refractivity (Wildman–Crippen MR) is 248 cm³/mol. The molecule has 0 spiro atoms.